The van der Waals surface area contributed by atoms with E-state index >= 15 is 0 Å². The second-order valence-electron chi connectivity index (χ2n) is 5.35. The number of nitrogens with zero attached hydrogens (tertiary/aromatic N) is 2. The van der Waals surface area contributed by atoms with Crippen molar-refractivity contribution in [2.45, 2.75) is 31.3 Å². The standard InChI is InChI=1S/C15H17ClN2O2S/c1-11-5-6-15(13(16)10-11)21(19,20)18-9-8-17-7-3-4-14(17)12(18)2/h3-7,10,12H,8-9H2,1-2H3. The van der Waals surface area contributed by atoms with Crippen molar-refractivity contribution in [2.75, 3.05) is 6.54 Å². The molecule has 0 fully saturated rings. The van der Waals surface area contributed by atoms with Crippen molar-refractivity contribution in [3.8, 4) is 0 Å². The zero-order valence-corrected chi connectivity index (χ0v) is 13.5. The summed E-state index contributed by atoms with van der Waals surface area (Å²) in [5, 5.41) is 0.281. The van der Waals surface area contributed by atoms with Gasteiger partial charge in [0.15, 0.2) is 0 Å². The third kappa shape index (κ3) is 2.39. The van der Waals surface area contributed by atoms with Crippen molar-refractivity contribution in [1.29, 1.82) is 0 Å². The molecule has 1 unspecified atom stereocenters. The van der Waals surface area contributed by atoms with E-state index < -0.39 is 10.0 Å². The lowest BCUT2D eigenvalue weighted by atomic mass is 10.2. The van der Waals surface area contributed by atoms with Gasteiger partial charge >= 0.3 is 0 Å². The molecule has 1 aliphatic rings. The highest BCUT2D eigenvalue weighted by Crippen LogP contribution is 2.33. The maximum atomic E-state index is 12.9. The Kier molecular flexibility index (Phi) is 3.59. The van der Waals surface area contributed by atoms with Crippen LogP contribution in [0.15, 0.2) is 41.4 Å². The average molecular weight is 325 g/mol. The minimum absolute atomic E-state index is 0.182. The maximum absolute atomic E-state index is 12.9. The molecule has 0 aliphatic carbocycles. The van der Waals surface area contributed by atoms with Gasteiger partial charge in [-0.15, -0.1) is 0 Å². The normalized spacial score (nSPS) is 19.5. The molecule has 6 heteroatoms. The lowest BCUT2D eigenvalue weighted by molar-refractivity contribution is 0.282. The molecule has 0 radical (unpaired) electrons. The fourth-order valence-corrected chi connectivity index (χ4v) is 5.00. The predicted octanol–water partition coefficient (Wildman–Crippen LogP) is 3.22. The van der Waals surface area contributed by atoms with Crippen molar-refractivity contribution in [3.05, 3.63) is 52.8 Å². The molecule has 4 nitrogen and oxygen atoms in total. The number of fused-ring (bicyclic) bond motifs is 1. The summed E-state index contributed by atoms with van der Waals surface area (Å²) in [6, 6.07) is 8.76. The number of hydrogen-bond donors (Lipinski definition) is 0. The molecule has 112 valence electrons. The Bertz CT molecular complexity index is 783. The zero-order valence-electron chi connectivity index (χ0n) is 12.0. The van der Waals surface area contributed by atoms with E-state index in [1.807, 2.05) is 32.2 Å². The van der Waals surface area contributed by atoms with Gasteiger partial charge < -0.3 is 4.57 Å². The molecule has 0 amide bonds. The highest BCUT2D eigenvalue weighted by Gasteiger charge is 2.34. The van der Waals surface area contributed by atoms with Crippen LogP contribution in [0.2, 0.25) is 5.02 Å². The van der Waals surface area contributed by atoms with Crippen molar-refractivity contribution in [1.82, 2.24) is 8.87 Å². The summed E-state index contributed by atoms with van der Waals surface area (Å²) in [6.45, 7) is 4.91. The van der Waals surface area contributed by atoms with Crippen molar-refractivity contribution >= 4 is 21.6 Å². The Balaban J connectivity index is 2.03. The molecule has 1 atom stereocenters. The number of aromatic nitrogens is 1. The summed E-state index contributed by atoms with van der Waals surface area (Å²) in [6.07, 6.45) is 1.98. The largest absolute Gasteiger partial charge is 0.349 e. The van der Waals surface area contributed by atoms with E-state index in [0.29, 0.717) is 13.1 Å². The summed E-state index contributed by atoms with van der Waals surface area (Å²) in [7, 11) is -3.59. The summed E-state index contributed by atoms with van der Waals surface area (Å²) >= 11 is 6.15. The van der Waals surface area contributed by atoms with Crippen LogP contribution < -0.4 is 0 Å². The number of benzene rings is 1. The SMILES string of the molecule is Cc1ccc(S(=O)(=O)N2CCn3cccc3C2C)c(Cl)c1. The van der Waals surface area contributed by atoms with Gasteiger partial charge in [0, 0.05) is 25.0 Å². The van der Waals surface area contributed by atoms with E-state index in [9.17, 15) is 8.42 Å². The molecule has 21 heavy (non-hydrogen) atoms. The molecule has 0 N–H and O–H groups in total. The molecule has 0 bridgehead atoms. The van der Waals surface area contributed by atoms with Crippen LogP contribution in [0.4, 0.5) is 0 Å². The van der Waals surface area contributed by atoms with Gasteiger partial charge in [-0.3, -0.25) is 0 Å². The zero-order chi connectivity index (χ0) is 15.2. The van der Waals surface area contributed by atoms with Crippen LogP contribution in [-0.4, -0.2) is 23.8 Å². The second kappa shape index (κ2) is 5.16. The smallest absolute Gasteiger partial charge is 0.245 e. The molecule has 1 aromatic heterocycles. The van der Waals surface area contributed by atoms with Gasteiger partial charge in [0.05, 0.1) is 11.1 Å². The van der Waals surface area contributed by atoms with Crippen molar-refractivity contribution in [2.24, 2.45) is 0 Å². The van der Waals surface area contributed by atoms with Crippen LogP contribution in [0.25, 0.3) is 0 Å². The monoisotopic (exact) mass is 324 g/mol. The first kappa shape index (κ1) is 14.6. The molecule has 0 saturated carbocycles. The molecule has 3 rings (SSSR count). The minimum atomic E-state index is -3.59. The second-order valence-corrected chi connectivity index (χ2v) is 7.62. The Labute approximate surface area is 130 Å². The topological polar surface area (TPSA) is 42.3 Å². The van der Waals surface area contributed by atoms with Gasteiger partial charge in [0.25, 0.3) is 0 Å². The van der Waals surface area contributed by atoms with Gasteiger partial charge in [0.1, 0.15) is 4.90 Å². The van der Waals surface area contributed by atoms with Gasteiger partial charge in [0.2, 0.25) is 10.0 Å². The van der Waals surface area contributed by atoms with Crippen LogP contribution in [-0.2, 0) is 16.6 Å². The van der Waals surface area contributed by atoms with Gasteiger partial charge in [-0.05, 0) is 43.7 Å². The Morgan fingerprint density at radius 3 is 2.71 bits per heavy atom. The molecular weight excluding hydrogens is 308 g/mol. The van der Waals surface area contributed by atoms with Crippen molar-refractivity contribution < 1.29 is 8.42 Å². The minimum Gasteiger partial charge on any atom is -0.349 e. The number of sulfonamides is 1. The van der Waals surface area contributed by atoms with E-state index in [-0.39, 0.29) is 16.0 Å². The molecule has 1 aromatic carbocycles. The van der Waals surface area contributed by atoms with Crippen LogP contribution in [0.5, 0.6) is 0 Å². The number of aryl methyl sites for hydroxylation is 1. The van der Waals surface area contributed by atoms with E-state index in [1.54, 1.807) is 18.2 Å². The highest BCUT2D eigenvalue weighted by molar-refractivity contribution is 7.89. The van der Waals surface area contributed by atoms with Gasteiger partial charge in [-0.1, -0.05) is 17.7 Å². The summed E-state index contributed by atoms with van der Waals surface area (Å²) < 4.78 is 29.4. The third-order valence-electron chi connectivity index (χ3n) is 3.96. The first-order valence-electron chi connectivity index (χ1n) is 6.84. The van der Waals surface area contributed by atoms with Crippen LogP contribution in [0.3, 0.4) is 0 Å². The Hall–Kier alpha value is -1.30. The quantitative estimate of drug-likeness (QED) is 0.851. The van der Waals surface area contributed by atoms with E-state index in [1.165, 1.54) is 4.31 Å². The maximum Gasteiger partial charge on any atom is 0.245 e. The average Bonchev–Trinajstić information content (AvgIpc) is 2.87. The number of rotatable bonds is 2. The fourth-order valence-electron chi connectivity index (χ4n) is 2.83. The Morgan fingerprint density at radius 2 is 2.00 bits per heavy atom. The molecule has 0 spiro atoms. The van der Waals surface area contributed by atoms with Gasteiger partial charge in [-0.25, -0.2) is 8.42 Å². The molecule has 2 aromatic rings. The fraction of sp³-hybridized carbons (Fsp3) is 0.333. The van der Waals surface area contributed by atoms with Gasteiger partial charge in [-0.2, -0.15) is 4.31 Å². The van der Waals surface area contributed by atoms with Crippen LogP contribution in [0, 0.1) is 6.92 Å². The molecule has 0 saturated heterocycles. The number of hydrogen-bond acceptors (Lipinski definition) is 2. The first-order chi connectivity index (χ1) is 9.91. The van der Waals surface area contributed by atoms with E-state index in [0.717, 1.165) is 11.3 Å². The summed E-state index contributed by atoms with van der Waals surface area (Å²) in [4.78, 5) is 0.182. The summed E-state index contributed by atoms with van der Waals surface area (Å²) in [5.74, 6) is 0. The molecule has 1 aliphatic heterocycles. The lowest BCUT2D eigenvalue weighted by Gasteiger charge is -2.34. The lowest BCUT2D eigenvalue weighted by Crippen LogP contribution is -2.40. The predicted molar refractivity (Wildman–Crippen MR) is 82.9 cm³/mol. The van der Waals surface area contributed by atoms with Crippen LogP contribution >= 0.6 is 11.6 Å². The molecule has 2 heterocycles. The first-order valence-corrected chi connectivity index (χ1v) is 8.66. The van der Waals surface area contributed by atoms with Crippen molar-refractivity contribution in [3.63, 3.8) is 0 Å². The molecular formula is C15H17ClN2O2S. The summed E-state index contributed by atoms with van der Waals surface area (Å²) in [5.41, 5.74) is 1.95. The Morgan fingerprint density at radius 1 is 1.24 bits per heavy atom. The van der Waals surface area contributed by atoms with E-state index in [4.69, 9.17) is 11.6 Å². The third-order valence-corrected chi connectivity index (χ3v) is 6.41. The van der Waals surface area contributed by atoms with E-state index in [2.05, 4.69) is 4.57 Å². The van der Waals surface area contributed by atoms with Crippen LogP contribution in [0.1, 0.15) is 24.2 Å². The number of halogens is 1. The highest BCUT2D eigenvalue weighted by atomic mass is 35.5.